The first-order valence-electron chi connectivity index (χ1n) is 14.0. The van der Waals surface area contributed by atoms with Crippen LogP contribution in [0.2, 0.25) is 18.1 Å². The molecule has 2 saturated carbocycles. The zero-order valence-electron chi connectivity index (χ0n) is 24.9. The zero-order chi connectivity index (χ0) is 28.7. The zero-order valence-corrected chi connectivity index (χ0v) is 25.9. The van der Waals surface area contributed by atoms with E-state index in [2.05, 4.69) is 54.3 Å². The van der Waals surface area contributed by atoms with Gasteiger partial charge < -0.3 is 18.6 Å². The molecular formula is C30H48O7Si. The molecular weight excluding hydrogens is 500 g/mol. The second-order valence-electron chi connectivity index (χ2n) is 13.6. The summed E-state index contributed by atoms with van der Waals surface area (Å²) >= 11 is 0. The quantitative estimate of drug-likeness (QED) is 0.124. The summed E-state index contributed by atoms with van der Waals surface area (Å²) in [5.74, 6) is -0.743. The number of carbonyl (C=O) groups is 3. The fourth-order valence-corrected chi connectivity index (χ4v) is 7.86. The van der Waals surface area contributed by atoms with Gasteiger partial charge in [-0.1, -0.05) is 52.8 Å². The summed E-state index contributed by atoms with van der Waals surface area (Å²) in [6.45, 7) is 23.7. The van der Waals surface area contributed by atoms with Gasteiger partial charge in [-0.3, -0.25) is 9.59 Å². The molecule has 0 bridgehead atoms. The molecule has 7 nitrogen and oxygen atoms in total. The normalized spacial score (nSPS) is 35.0. The van der Waals surface area contributed by atoms with Crippen LogP contribution < -0.4 is 0 Å². The van der Waals surface area contributed by atoms with Crippen molar-refractivity contribution in [1.82, 2.24) is 0 Å². The molecule has 3 aliphatic rings. The molecule has 0 aromatic rings. The highest BCUT2D eigenvalue weighted by Gasteiger charge is 2.59. The lowest BCUT2D eigenvalue weighted by atomic mass is 9.46. The molecule has 0 N–H and O–H groups in total. The Morgan fingerprint density at radius 3 is 2.34 bits per heavy atom. The first-order valence-corrected chi connectivity index (χ1v) is 16.9. The van der Waals surface area contributed by atoms with Gasteiger partial charge in [0.25, 0.3) is 0 Å². The molecule has 38 heavy (non-hydrogen) atoms. The number of allylic oxidation sites excluding steroid dienone is 2. The second-order valence-corrected chi connectivity index (χ2v) is 18.4. The van der Waals surface area contributed by atoms with Gasteiger partial charge in [-0.2, -0.15) is 0 Å². The molecule has 1 heterocycles. The SMILES string of the molecule is C=C1CC[C@@H]2[C@](C)(CO[Si](C)(C)C(C)(C)C)[C@H](OC(C)=O)CC[C@@]2(C)[C@@H]1C/C=C1/C(=O)OC[C@H]1OC(C)=O. The van der Waals surface area contributed by atoms with Crippen LogP contribution in [0.3, 0.4) is 0 Å². The fourth-order valence-electron chi connectivity index (χ4n) is 6.76. The maximum absolute atomic E-state index is 12.4. The topological polar surface area (TPSA) is 88.1 Å². The van der Waals surface area contributed by atoms with Crippen molar-refractivity contribution in [2.45, 2.75) is 111 Å². The molecule has 8 heteroatoms. The number of fused-ring (bicyclic) bond motifs is 1. The van der Waals surface area contributed by atoms with Gasteiger partial charge in [-0.15, -0.1) is 0 Å². The van der Waals surface area contributed by atoms with E-state index in [1.807, 2.05) is 6.08 Å². The van der Waals surface area contributed by atoms with Crippen LogP contribution in [0.25, 0.3) is 0 Å². The predicted octanol–water partition coefficient (Wildman–Crippen LogP) is 6.13. The van der Waals surface area contributed by atoms with Crippen molar-refractivity contribution < 1.29 is 33.0 Å². The number of carbonyl (C=O) groups excluding carboxylic acids is 3. The van der Waals surface area contributed by atoms with E-state index in [0.29, 0.717) is 18.6 Å². The van der Waals surface area contributed by atoms with Crippen LogP contribution in [-0.4, -0.2) is 51.6 Å². The van der Waals surface area contributed by atoms with Crippen molar-refractivity contribution in [1.29, 1.82) is 0 Å². The van der Waals surface area contributed by atoms with Crippen LogP contribution in [0.1, 0.15) is 80.6 Å². The van der Waals surface area contributed by atoms with Crippen LogP contribution in [0.5, 0.6) is 0 Å². The third-order valence-corrected chi connectivity index (χ3v) is 14.5. The van der Waals surface area contributed by atoms with Crippen LogP contribution in [0.15, 0.2) is 23.8 Å². The molecule has 0 spiro atoms. The highest BCUT2D eigenvalue weighted by atomic mass is 28.4. The monoisotopic (exact) mass is 548 g/mol. The minimum Gasteiger partial charge on any atom is -0.462 e. The van der Waals surface area contributed by atoms with E-state index in [4.69, 9.17) is 18.6 Å². The molecule has 0 radical (unpaired) electrons. The highest BCUT2D eigenvalue weighted by Crippen LogP contribution is 2.62. The predicted molar refractivity (Wildman–Crippen MR) is 149 cm³/mol. The molecule has 0 aromatic heterocycles. The average Bonchev–Trinajstić information content (AvgIpc) is 3.11. The molecule has 3 fully saturated rings. The van der Waals surface area contributed by atoms with E-state index in [9.17, 15) is 14.4 Å². The van der Waals surface area contributed by atoms with Crippen LogP contribution in [-0.2, 0) is 33.0 Å². The third kappa shape index (κ3) is 5.96. The molecule has 0 amide bonds. The number of hydrogen-bond acceptors (Lipinski definition) is 7. The third-order valence-electron chi connectivity index (χ3n) is 10.0. The molecule has 2 aliphatic carbocycles. The van der Waals surface area contributed by atoms with Gasteiger partial charge >= 0.3 is 17.9 Å². The van der Waals surface area contributed by atoms with Gasteiger partial charge in [-0.05, 0) is 67.5 Å². The van der Waals surface area contributed by atoms with Crippen molar-refractivity contribution in [3.63, 3.8) is 0 Å². The number of hydrogen-bond donors (Lipinski definition) is 0. The fraction of sp³-hybridized carbons (Fsp3) is 0.767. The molecule has 0 unspecified atom stereocenters. The van der Waals surface area contributed by atoms with Gasteiger partial charge in [0.1, 0.15) is 12.7 Å². The molecule has 3 rings (SSSR count). The largest absolute Gasteiger partial charge is 0.462 e. The Hall–Kier alpha value is -1.93. The van der Waals surface area contributed by atoms with Crippen molar-refractivity contribution >= 4 is 26.2 Å². The number of rotatable bonds is 7. The number of ether oxygens (including phenoxy) is 3. The summed E-state index contributed by atoms with van der Waals surface area (Å²) in [6, 6.07) is 0. The summed E-state index contributed by atoms with van der Waals surface area (Å²) in [5.41, 5.74) is 1.12. The van der Waals surface area contributed by atoms with Crippen molar-refractivity contribution in [3.8, 4) is 0 Å². The molecule has 0 aromatic carbocycles. The maximum atomic E-state index is 12.4. The van der Waals surface area contributed by atoms with E-state index in [1.54, 1.807) is 0 Å². The van der Waals surface area contributed by atoms with E-state index in [1.165, 1.54) is 19.4 Å². The second kappa shape index (κ2) is 10.9. The standard InChI is InChI=1S/C30H48O7Si/c1-19-11-14-25-29(7,23(19)13-12-22-24(36-20(2)31)17-34-27(22)33)16-15-26(37-21(3)32)30(25,8)18-35-38(9,10)28(4,5)6/h12,23-26H,1,11,13-18H2,2-10H3/b22-12+/t23-,24-,25+,26-,29+,30+/m1/s1. The smallest absolute Gasteiger partial charge is 0.337 e. The minimum absolute atomic E-state index is 0.0582. The Morgan fingerprint density at radius 1 is 1.13 bits per heavy atom. The lowest BCUT2D eigenvalue weighted by molar-refractivity contribution is -0.183. The number of cyclic esters (lactones) is 1. The van der Waals surface area contributed by atoms with E-state index < -0.39 is 26.4 Å². The van der Waals surface area contributed by atoms with Gasteiger partial charge in [0, 0.05) is 25.9 Å². The summed E-state index contributed by atoms with van der Waals surface area (Å²) in [6.07, 6.45) is 5.09. The Morgan fingerprint density at radius 2 is 1.76 bits per heavy atom. The summed E-state index contributed by atoms with van der Waals surface area (Å²) in [5, 5.41) is 0.0716. The van der Waals surface area contributed by atoms with Crippen LogP contribution in [0.4, 0.5) is 0 Å². The van der Waals surface area contributed by atoms with E-state index >= 15 is 0 Å². The van der Waals surface area contributed by atoms with Crippen LogP contribution in [0, 0.1) is 22.7 Å². The summed E-state index contributed by atoms with van der Waals surface area (Å²) in [7, 11) is -2.04. The Balaban J connectivity index is 1.94. The van der Waals surface area contributed by atoms with E-state index in [-0.39, 0.29) is 46.4 Å². The van der Waals surface area contributed by atoms with Gasteiger partial charge in [0.15, 0.2) is 14.4 Å². The van der Waals surface area contributed by atoms with Crippen molar-refractivity contribution in [2.24, 2.45) is 22.7 Å². The van der Waals surface area contributed by atoms with Crippen LogP contribution >= 0.6 is 0 Å². The van der Waals surface area contributed by atoms with Crippen molar-refractivity contribution in [2.75, 3.05) is 13.2 Å². The Bertz CT molecular complexity index is 993. The van der Waals surface area contributed by atoms with Gasteiger partial charge in [-0.25, -0.2) is 4.79 Å². The minimum atomic E-state index is -2.04. The molecule has 1 aliphatic heterocycles. The molecule has 6 atom stereocenters. The summed E-state index contributed by atoms with van der Waals surface area (Å²) in [4.78, 5) is 36.1. The first-order chi connectivity index (χ1) is 17.4. The number of esters is 3. The molecule has 1 saturated heterocycles. The Labute approximate surface area is 229 Å². The van der Waals surface area contributed by atoms with Crippen molar-refractivity contribution in [3.05, 3.63) is 23.8 Å². The van der Waals surface area contributed by atoms with Gasteiger partial charge in [0.05, 0.1) is 5.57 Å². The van der Waals surface area contributed by atoms with E-state index in [0.717, 1.165) is 25.7 Å². The summed E-state index contributed by atoms with van der Waals surface area (Å²) < 4.78 is 23.3. The average molecular weight is 549 g/mol. The Kier molecular flexibility index (Phi) is 8.79. The first kappa shape index (κ1) is 30.6. The van der Waals surface area contributed by atoms with Gasteiger partial charge in [0.2, 0.25) is 0 Å². The highest BCUT2D eigenvalue weighted by molar-refractivity contribution is 6.74. The molecule has 214 valence electrons. The lowest BCUT2D eigenvalue weighted by Crippen LogP contribution is -2.59. The maximum Gasteiger partial charge on any atom is 0.337 e. The lowest BCUT2D eigenvalue weighted by Gasteiger charge is -2.61.